The van der Waals surface area contributed by atoms with E-state index >= 15 is 0 Å². The minimum atomic E-state index is -0.737. The summed E-state index contributed by atoms with van der Waals surface area (Å²) in [7, 11) is 0. The van der Waals surface area contributed by atoms with E-state index in [9.17, 15) is 25.0 Å². The van der Waals surface area contributed by atoms with Crippen molar-refractivity contribution in [2.24, 2.45) is 0 Å². The molecule has 0 saturated carbocycles. The van der Waals surface area contributed by atoms with E-state index < -0.39 is 27.1 Å². The van der Waals surface area contributed by atoms with Crippen LogP contribution in [0.4, 0.5) is 17.1 Å². The SMILES string of the molecule is Cc1nn(CC(=O)Nc2cc([N+](=O)[O-])c(C)c([N+](=O)[O-])c2)c(C)c1Cl. The number of benzene rings is 1. The Bertz CT molecular complexity index is 857. The van der Waals surface area contributed by atoms with Crippen molar-refractivity contribution >= 4 is 34.6 Å². The van der Waals surface area contributed by atoms with Crippen molar-refractivity contribution in [3.8, 4) is 0 Å². The first-order chi connectivity index (χ1) is 11.6. The third-order valence-electron chi connectivity index (χ3n) is 3.62. The van der Waals surface area contributed by atoms with Gasteiger partial charge in [0.2, 0.25) is 5.91 Å². The second kappa shape index (κ2) is 6.85. The summed E-state index contributed by atoms with van der Waals surface area (Å²) >= 11 is 6.01. The number of hydrogen-bond acceptors (Lipinski definition) is 6. The van der Waals surface area contributed by atoms with Crippen LogP contribution in [0.25, 0.3) is 0 Å². The van der Waals surface area contributed by atoms with Crippen LogP contribution in [-0.4, -0.2) is 25.5 Å². The van der Waals surface area contributed by atoms with E-state index in [1.165, 1.54) is 11.6 Å². The zero-order valence-corrected chi connectivity index (χ0v) is 14.3. The molecule has 1 N–H and O–H groups in total. The average molecular weight is 368 g/mol. The molecule has 2 rings (SSSR count). The van der Waals surface area contributed by atoms with Crippen LogP contribution in [0.3, 0.4) is 0 Å². The Kier molecular flexibility index (Phi) is 5.02. The van der Waals surface area contributed by atoms with Gasteiger partial charge >= 0.3 is 0 Å². The van der Waals surface area contributed by atoms with E-state index in [0.717, 1.165) is 12.1 Å². The maximum atomic E-state index is 12.1. The summed E-state index contributed by atoms with van der Waals surface area (Å²) in [4.78, 5) is 32.8. The Balaban J connectivity index is 2.30. The number of nitrogens with zero attached hydrogens (tertiary/aromatic N) is 4. The van der Waals surface area contributed by atoms with Crippen molar-refractivity contribution in [3.63, 3.8) is 0 Å². The largest absolute Gasteiger partial charge is 0.324 e. The normalized spacial score (nSPS) is 10.6. The molecule has 2 aromatic rings. The Morgan fingerprint density at radius 1 is 1.20 bits per heavy atom. The van der Waals surface area contributed by atoms with Crippen LogP contribution in [0.2, 0.25) is 5.02 Å². The van der Waals surface area contributed by atoms with E-state index in [-0.39, 0.29) is 17.8 Å². The molecule has 10 nitrogen and oxygen atoms in total. The van der Waals surface area contributed by atoms with Crippen molar-refractivity contribution in [1.29, 1.82) is 0 Å². The van der Waals surface area contributed by atoms with E-state index in [1.54, 1.807) is 13.8 Å². The van der Waals surface area contributed by atoms with Crippen molar-refractivity contribution in [1.82, 2.24) is 9.78 Å². The first-order valence-corrected chi connectivity index (χ1v) is 7.42. The Morgan fingerprint density at radius 3 is 2.12 bits per heavy atom. The number of nitro groups is 2. The van der Waals surface area contributed by atoms with Crippen LogP contribution in [-0.2, 0) is 11.3 Å². The Hall–Kier alpha value is -3.01. The van der Waals surface area contributed by atoms with Gasteiger partial charge < -0.3 is 5.32 Å². The molecule has 0 bridgehead atoms. The zero-order chi connectivity index (χ0) is 18.9. The number of hydrogen-bond donors (Lipinski definition) is 1. The van der Waals surface area contributed by atoms with Crippen molar-refractivity contribution in [3.05, 3.63) is 54.3 Å². The molecular weight excluding hydrogens is 354 g/mol. The molecule has 1 heterocycles. The third-order valence-corrected chi connectivity index (χ3v) is 4.16. The van der Waals surface area contributed by atoms with Gasteiger partial charge in [0.25, 0.3) is 11.4 Å². The first kappa shape index (κ1) is 18.3. The number of nitrogens with one attached hydrogen (secondary N) is 1. The number of amides is 1. The summed E-state index contributed by atoms with van der Waals surface area (Å²) in [6.45, 7) is 4.47. The average Bonchev–Trinajstić information content (AvgIpc) is 2.75. The molecule has 0 aliphatic rings. The van der Waals surface area contributed by atoms with Gasteiger partial charge in [-0.05, 0) is 20.8 Å². The summed E-state index contributed by atoms with van der Waals surface area (Å²) in [6.07, 6.45) is 0. The van der Waals surface area contributed by atoms with Gasteiger partial charge in [0, 0.05) is 12.1 Å². The number of rotatable bonds is 5. The van der Waals surface area contributed by atoms with Gasteiger partial charge in [-0.15, -0.1) is 0 Å². The number of halogens is 1. The van der Waals surface area contributed by atoms with Crippen LogP contribution >= 0.6 is 11.6 Å². The highest BCUT2D eigenvalue weighted by Crippen LogP contribution is 2.31. The summed E-state index contributed by atoms with van der Waals surface area (Å²) in [6, 6.07) is 2.16. The van der Waals surface area contributed by atoms with Crippen LogP contribution in [0.5, 0.6) is 0 Å². The number of aromatic nitrogens is 2. The molecule has 1 aromatic carbocycles. The molecular formula is C14H14ClN5O5. The monoisotopic (exact) mass is 367 g/mol. The Labute approximate surface area is 146 Å². The van der Waals surface area contributed by atoms with Gasteiger partial charge in [-0.3, -0.25) is 29.7 Å². The van der Waals surface area contributed by atoms with Crippen LogP contribution in [0.15, 0.2) is 12.1 Å². The third kappa shape index (κ3) is 3.74. The Morgan fingerprint density at radius 2 is 1.72 bits per heavy atom. The van der Waals surface area contributed by atoms with Crippen LogP contribution in [0.1, 0.15) is 17.0 Å². The molecule has 132 valence electrons. The predicted molar refractivity (Wildman–Crippen MR) is 89.8 cm³/mol. The number of carbonyl (C=O) groups excluding carboxylic acids is 1. The van der Waals surface area contributed by atoms with Gasteiger partial charge in [-0.1, -0.05) is 11.6 Å². The molecule has 1 aromatic heterocycles. The van der Waals surface area contributed by atoms with Crippen LogP contribution in [0, 0.1) is 41.0 Å². The molecule has 0 unspecified atom stereocenters. The molecule has 0 fully saturated rings. The molecule has 11 heteroatoms. The fraction of sp³-hybridized carbons (Fsp3) is 0.286. The number of carbonyl (C=O) groups is 1. The molecule has 0 spiro atoms. The lowest BCUT2D eigenvalue weighted by molar-refractivity contribution is -0.395. The van der Waals surface area contributed by atoms with Gasteiger partial charge in [0.1, 0.15) is 12.1 Å². The molecule has 25 heavy (non-hydrogen) atoms. The topological polar surface area (TPSA) is 133 Å². The molecule has 0 saturated heterocycles. The molecule has 0 atom stereocenters. The van der Waals surface area contributed by atoms with E-state index in [2.05, 4.69) is 10.4 Å². The molecule has 0 aliphatic carbocycles. The van der Waals surface area contributed by atoms with E-state index in [0.29, 0.717) is 16.4 Å². The lowest BCUT2D eigenvalue weighted by Crippen LogP contribution is -2.20. The highest BCUT2D eigenvalue weighted by atomic mass is 35.5. The van der Waals surface area contributed by atoms with E-state index in [4.69, 9.17) is 11.6 Å². The van der Waals surface area contributed by atoms with Gasteiger partial charge in [-0.2, -0.15) is 5.10 Å². The smallest absolute Gasteiger partial charge is 0.281 e. The standard InChI is InChI=1S/C14H14ClN5O5/c1-7-11(19(22)23)4-10(5-12(7)20(24)25)16-13(21)6-18-9(3)14(15)8(2)17-18/h4-5H,6H2,1-3H3,(H,16,21). The van der Waals surface area contributed by atoms with Gasteiger partial charge in [-0.25, -0.2) is 0 Å². The summed E-state index contributed by atoms with van der Waals surface area (Å²) in [5.74, 6) is -0.547. The molecule has 0 aliphatic heterocycles. The minimum absolute atomic E-state index is 0.0402. The fourth-order valence-corrected chi connectivity index (χ4v) is 2.44. The first-order valence-electron chi connectivity index (χ1n) is 7.04. The highest BCUT2D eigenvalue weighted by Gasteiger charge is 2.24. The van der Waals surface area contributed by atoms with E-state index in [1.807, 2.05) is 0 Å². The summed E-state index contributed by atoms with van der Waals surface area (Å²) in [5, 5.41) is 29.1. The summed E-state index contributed by atoms with van der Waals surface area (Å²) in [5.41, 5.74) is 0.140. The second-order valence-electron chi connectivity index (χ2n) is 5.34. The van der Waals surface area contributed by atoms with Crippen molar-refractivity contribution in [2.45, 2.75) is 27.3 Å². The van der Waals surface area contributed by atoms with Gasteiger partial charge in [0.15, 0.2) is 0 Å². The maximum Gasteiger partial charge on any atom is 0.281 e. The predicted octanol–water partition coefficient (Wildman–Crippen LogP) is 2.92. The number of aryl methyl sites for hydroxylation is 1. The lowest BCUT2D eigenvalue weighted by Gasteiger charge is -2.08. The zero-order valence-electron chi connectivity index (χ0n) is 13.6. The molecule has 0 radical (unpaired) electrons. The summed E-state index contributed by atoms with van der Waals surface area (Å²) < 4.78 is 1.38. The number of nitro benzene ring substituents is 2. The lowest BCUT2D eigenvalue weighted by atomic mass is 10.1. The van der Waals surface area contributed by atoms with Gasteiger partial charge in [0.05, 0.1) is 31.9 Å². The number of anilines is 1. The maximum absolute atomic E-state index is 12.1. The fourth-order valence-electron chi connectivity index (χ4n) is 2.30. The second-order valence-corrected chi connectivity index (χ2v) is 5.72. The van der Waals surface area contributed by atoms with Crippen molar-refractivity contribution in [2.75, 3.05) is 5.32 Å². The highest BCUT2D eigenvalue weighted by molar-refractivity contribution is 6.31. The quantitative estimate of drug-likeness (QED) is 0.637. The van der Waals surface area contributed by atoms with Crippen molar-refractivity contribution < 1.29 is 14.6 Å². The molecule has 1 amide bonds. The van der Waals surface area contributed by atoms with Crippen LogP contribution < -0.4 is 5.32 Å². The minimum Gasteiger partial charge on any atom is -0.324 e.